The number of ether oxygens (including phenoxy) is 1. The number of H-pyrrole nitrogens is 1. The van der Waals surface area contributed by atoms with Crippen molar-refractivity contribution < 1.29 is 14.3 Å². The number of fused-ring (bicyclic) bond motifs is 1. The van der Waals surface area contributed by atoms with Gasteiger partial charge in [-0.25, -0.2) is 0 Å². The van der Waals surface area contributed by atoms with E-state index in [2.05, 4.69) is 17.2 Å². The Morgan fingerprint density at radius 2 is 2.00 bits per heavy atom. The first-order valence-electron chi connectivity index (χ1n) is 9.64. The van der Waals surface area contributed by atoms with Crippen molar-refractivity contribution in [2.24, 2.45) is 5.73 Å². The zero-order chi connectivity index (χ0) is 20.7. The minimum atomic E-state index is -0.775. The van der Waals surface area contributed by atoms with Gasteiger partial charge in [0.25, 0.3) is 5.91 Å². The molecule has 2 aromatic rings. The second kappa shape index (κ2) is 9.68. The van der Waals surface area contributed by atoms with Crippen LogP contribution < -0.4 is 11.1 Å². The van der Waals surface area contributed by atoms with Gasteiger partial charge in [-0.2, -0.15) is 0 Å². The lowest BCUT2D eigenvalue weighted by Gasteiger charge is -2.25. The summed E-state index contributed by atoms with van der Waals surface area (Å²) >= 11 is 4.98. The lowest BCUT2D eigenvalue weighted by atomic mass is 10.1. The molecule has 1 heterocycles. The number of nitrogens with one attached hydrogen (secondary N) is 2. The summed E-state index contributed by atoms with van der Waals surface area (Å²) in [5, 5.41) is 3.63. The molecule has 0 unspecified atom stereocenters. The first-order chi connectivity index (χ1) is 13.2. The molecule has 0 aliphatic rings. The predicted octanol–water partition coefficient (Wildman–Crippen LogP) is 3.82. The Morgan fingerprint density at radius 3 is 2.68 bits per heavy atom. The first kappa shape index (κ1) is 21.9. The summed E-state index contributed by atoms with van der Waals surface area (Å²) in [6.45, 7) is 5.94. The first-order valence-corrected chi connectivity index (χ1v) is 10.1. The molecule has 0 saturated carbocycles. The van der Waals surface area contributed by atoms with Gasteiger partial charge in [0.05, 0.1) is 12.1 Å². The summed E-state index contributed by atoms with van der Waals surface area (Å²) in [6, 6.07) is 5.43. The number of amides is 1. The molecule has 152 valence electrons. The Morgan fingerprint density at radius 1 is 1.25 bits per heavy atom. The van der Waals surface area contributed by atoms with Crippen molar-refractivity contribution in [2.75, 3.05) is 6.54 Å². The SMILES string of the molecule is CCCCCCC(=O)OC(C)(C)CNC(=O)c1c[nH]c2cc(C(N)=S)ccc12. The third kappa shape index (κ3) is 6.05. The van der Waals surface area contributed by atoms with Gasteiger partial charge in [0.15, 0.2) is 0 Å². The monoisotopic (exact) mass is 403 g/mol. The van der Waals surface area contributed by atoms with E-state index in [4.69, 9.17) is 22.7 Å². The van der Waals surface area contributed by atoms with Crippen molar-refractivity contribution in [3.63, 3.8) is 0 Å². The maximum Gasteiger partial charge on any atom is 0.306 e. The van der Waals surface area contributed by atoms with Gasteiger partial charge in [-0.05, 0) is 26.3 Å². The molecule has 0 atom stereocenters. The molecule has 4 N–H and O–H groups in total. The Bertz CT molecular complexity index is 858. The molecule has 0 aliphatic carbocycles. The Balaban J connectivity index is 1.92. The van der Waals surface area contributed by atoms with Crippen LogP contribution in [0, 0.1) is 0 Å². The molecule has 0 saturated heterocycles. The van der Waals surface area contributed by atoms with Crippen LogP contribution in [-0.2, 0) is 9.53 Å². The highest BCUT2D eigenvalue weighted by molar-refractivity contribution is 7.80. The minimum absolute atomic E-state index is 0.226. The zero-order valence-corrected chi connectivity index (χ0v) is 17.6. The van der Waals surface area contributed by atoms with E-state index in [1.54, 1.807) is 26.1 Å². The van der Waals surface area contributed by atoms with Crippen molar-refractivity contribution >= 4 is 40.0 Å². The molecule has 1 amide bonds. The van der Waals surface area contributed by atoms with E-state index in [0.29, 0.717) is 17.0 Å². The van der Waals surface area contributed by atoms with E-state index in [-0.39, 0.29) is 18.4 Å². The van der Waals surface area contributed by atoms with Crippen molar-refractivity contribution in [2.45, 2.75) is 58.5 Å². The highest BCUT2D eigenvalue weighted by Gasteiger charge is 2.24. The Hall–Kier alpha value is -2.41. The molecule has 1 aromatic carbocycles. The third-order valence-corrected chi connectivity index (χ3v) is 4.75. The van der Waals surface area contributed by atoms with Crippen LogP contribution in [0.15, 0.2) is 24.4 Å². The number of nitrogens with two attached hydrogens (primary N) is 1. The van der Waals surface area contributed by atoms with Gasteiger partial charge >= 0.3 is 5.97 Å². The number of aromatic amines is 1. The number of hydrogen-bond acceptors (Lipinski definition) is 4. The number of carbonyl (C=O) groups is 2. The maximum absolute atomic E-state index is 12.6. The summed E-state index contributed by atoms with van der Waals surface area (Å²) < 4.78 is 5.53. The van der Waals surface area contributed by atoms with Crippen LogP contribution in [-0.4, -0.2) is 34.0 Å². The van der Waals surface area contributed by atoms with Gasteiger partial charge in [-0.3, -0.25) is 9.59 Å². The van der Waals surface area contributed by atoms with Gasteiger partial charge in [0.1, 0.15) is 10.6 Å². The predicted molar refractivity (Wildman–Crippen MR) is 115 cm³/mol. The number of aromatic nitrogens is 1. The second-order valence-corrected chi connectivity index (χ2v) is 7.99. The molecule has 7 heteroatoms. The fourth-order valence-electron chi connectivity index (χ4n) is 2.95. The van der Waals surface area contributed by atoms with Crippen molar-refractivity contribution in [3.05, 3.63) is 35.5 Å². The molecular weight excluding hydrogens is 374 g/mol. The van der Waals surface area contributed by atoms with E-state index in [9.17, 15) is 9.59 Å². The van der Waals surface area contributed by atoms with E-state index >= 15 is 0 Å². The summed E-state index contributed by atoms with van der Waals surface area (Å²) in [4.78, 5) is 28.0. The van der Waals surface area contributed by atoms with Crippen molar-refractivity contribution in [1.29, 1.82) is 0 Å². The van der Waals surface area contributed by atoms with Gasteiger partial charge < -0.3 is 20.8 Å². The summed E-state index contributed by atoms with van der Waals surface area (Å²) in [6.07, 6.45) is 6.16. The van der Waals surface area contributed by atoms with Crippen LogP contribution in [0.1, 0.15) is 68.8 Å². The van der Waals surface area contributed by atoms with Gasteiger partial charge in [0, 0.05) is 29.1 Å². The lowest BCUT2D eigenvalue weighted by Crippen LogP contribution is -2.41. The standard InChI is InChI=1S/C21H29N3O3S/c1-4-5-6-7-8-18(25)27-21(2,3)13-24-20(26)16-12-23-17-11-14(19(22)28)9-10-15(16)17/h9-12,23H,4-8,13H2,1-3H3,(H2,22,28)(H,24,26). The highest BCUT2D eigenvalue weighted by atomic mass is 32.1. The zero-order valence-electron chi connectivity index (χ0n) is 16.8. The van der Waals surface area contributed by atoms with Crippen LogP contribution in [0.5, 0.6) is 0 Å². The largest absolute Gasteiger partial charge is 0.458 e. The fraction of sp³-hybridized carbons (Fsp3) is 0.476. The topological polar surface area (TPSA) is 97.2 Å². The van der Waals surface area contributed by atoms with E-state index in [1.165, 1.54) is 0 Å². The van der Waals surface area contributed by atoms with E-state index in [0.717, 1.165) is 42.1 Å². The molecular formula is C21H29N3O3S. The average molecular weight is 404 g/mol. The number of thiocarbonyl (C=S) groups is 1. The van der Waals surface area contributed by atoms with Crippen LogP contribution in [0.25, 0.3) is 10.9 Å². The Kier molecular flexibility index (Phi) is 7.57. The number of hydrogen-bond donors (Lipinski definition) is 3. The maximum atomic E-state index is 12.6. The van der Waals surface area contributed by atoms with Gasteiger partial charge in [0.2, 0.25) is 0 Å². The van der Waals surface area contributed by atoms with Crippen molar-refractivity contribution in [3.8, 4) is 0 Å². The van der Waals surface area contributed by atoms with Gasteiger partial charge in [-0.15, -0.1) is 0 Å². The number of rotatable bonds is 10. The molecule has 0 fully saturated rings. The third-order valence-electron chi connectivity index (χ3n) is 4.51. The molecule has 0 aliphatic heterocycles. The smallest absolute Gasteiger partial charge is 0.306 e. The number of carbonyl (C=O) groups excluding carboxylic acids is 2. The van der Waals surface area contributed by atoms with Crippen molar-refractivity contribution in [1.82, 2.24) is 10.3 Å². The molecule has 2 rings (SSSR count). The number of unbranched alkanes of at least 4 members (excludes halogenated alkanes) is 3. The Labute approximate surface area is 171 Å². The number of esters is 1. The second-order valence-electron chi connectivity index (χ2n) is 7.55. The van der Waals surface area contributed by atoms with E-state index < -0.39 is 5.60 Å². The van der Waals surface area contributed by atoms with E-state index in [1.807, 2.05) is 12.1 Å². The average Bonchev–Trinajstić information content (AvgIpc) is 3.06. The normalized spacial score (nSPS) is 11.4. The molecule has 0 bridgehead atoms. The van der Waals surface area contributed by atoms with Crippen LogP contribution >= 0.6 is 12.2 Å². The fourth-order valence-corrected chi connectivity index (χ4v) is 3.07. The summed E-state index contributed by atoms with van der Waals surface area (Å²) in [7, 11) is 0. The minimum Gasteiger partial charge on any atom is -0.458 e. The lowest BCUT2D eigenvalue weighted by molar-refractivity contribution is -0.156. The molecule has 1 aromatic heterocycles. The quantitative estimate of drug-likeness (QED) is 0.318. The van der Waals surface area contributed by atoms with Crippen LogP contribution in [0.4, 0.5) is 0 Å². The molecule has 28 heavy (non-hydrogen) atoms. The highest BCUT2D eigenvalue weighted by Crippen LogP contribution is 2.20. The van der Waals surface area contributed by atoms with Gasteiger partial charge in [-0.1, -0.05) is 50.5 Å². The molecule has 6 nitrogen and oxygen atoms in total. The number of benzene rings is 1. The summed E-state index contributed by atoms with van der Waals surface area (Å²) in [5.74, 6) is -0.464. The molecule has 0 radical (unpaired) electrons. The molecule has 0 spiro atoms. The van der Waals surface area contributed by atoms with Crippen LogP contribution in [0.2, 0.25) is 0 Å². The van der Waals surface area contributed by atoms with Crippen LogP contribution in [0.3, 0.4) is 0 Å². The summed E-state index contributed by atoms with van der Waals surface area (Å²) in [5.41, 5.74) is 6.92.